The Balaban J connectivity index is 0. The molecule has 0 bridgehead atoms. The Morgan fingerprint density at radius 3 is 2.05 bits per heavy atom. The van der Waals surface area contributed by atoms with Crippen LogP contribution in [-0.4, -0.2) is 20.4 Å². The zero-order valence-electron chi connectivity index (χ0n) is 11.0. The van der Waals surface area contributed by atoms with Gasteiger partial charge >= 0.3 is 93.4 Å². The standard InChI is InChI=1S/C13H13.3CO.Fe/c1-2-11-7-5-6-10-13(11)12-8-3-4-9-12;3*1-2;/h5-10H,2-3H2,1H3;;;;. The summed E-state index contributed by atoms with van der Waals surface area (Å²) in [5.74, 6) is 0. The normalized spacial score (nSPS) is 11.3. The predicted molar refractivity (Wildman–Crippen MR) is 73.6 cm³/mol. The second-order valence-corrected chi connectivity index (χ2v) is 4.16. The van der Waals surface area contributed by atoms with E-state index in [1.165, 1.54) is 21.2 Å². The molecule has 3 nitrogen and oxygen atoms in total. The maximum absolute atomic E-state index is 7.50. The number of carbonyl (C=O) groups excluding carboxylic acids is 3. The topological polar surface area (TPSA) is 51.2 Å². The van der Waals surface area contributed by atoms with Crippen LogP contribution < -0.4 is 0 Å². The summed E-state index contributed by atoms with van der Waals surface area (Å²) in [6.07, 6.45) is 6.55. The third-order valence-electron chi connectivity index (χ3n) is 2.53. The van der Waals surface area contributed by atoms with Gasteiger partial charge in [-0.05, 0) is 0 Å². The molecule has 2 rings (SSSR count). The molecular formula is C16H13FeO3. The second-order valence-electron chi connectivity index (χ2n) is 3.45. The van der Waals surface area contributed by atoms with E-state index in [9.17, 15) is 0 Å². The molecule has 0 heterocycles. The number of allylic oxidation sites excluding steroid dienone is 4. The number of benzene rings is 1. The first kappa shape index (κ1) is 20.5. The third kappa shape index (κ3) is 6.41. The van der Waals surface area contributed by atoms with Crippen molar-refractivity contribution >= 4 is 25.9 Å². The van der Waals surface area contributed by atoms with Crippen LogP contribution in [0.2, 0.25) is 0 Å². The van der Waals surface area contributed by atoms with Crippen LogP contribution in [0.4, 0.5) is 0 Å². The summed E-state index contributed by atoms with van der Waals surface area (Å²) in [6.45, 7) is 15.7. The van der Waals surface area contributed by atoms with Crippen LogP contribution in [0.15, 0.2) is 40.9 Å². The monoisotopic (exact) mass is 309 g/mol. The fraction of sp³-hybridized carbons (Fsp3) is 0.188. The van der Waals surface area contributed by atoms with Gasteiger partial charge in [-0.15, -0.1) is 0 Å². The van der Waals surface area contributed by atoms with E-state index < -0.39 is 0 Å². The summed E-state index contributed by atoms with van der Waals surface area (Å²) in [5, 5.41) is 0. The van der Waals surface area contributed by atoms with Gasteiger partial charge in [-0.1, -0.05) is 0 Å². The van der Waals surface area contributed by atoms with Crippen molar-refractivity contribution in [1.82, 2.24) is 0 Å². The van der Waals surface area contributed by atoms with Gasteiger partial charge in [-0.3, -0.25) is 14.4 Å². The number of hydrogen-bond acceptors (Lipinski definition) is 3. The minimum Gasteiger partial charge on any atom is -0.281 e. The molecule has 0 fully saturated rings. The van der Waals surface area contributed by atoms with E-state index in [4.69, 9.17) is 14.4 Å². The Bertz CT molecular complexity index is 448. The van der Waals surface area contributed by atoms with Gasteiger partial charge in [0.1, 0.15) is 0 Å². The molecular weight excluding hydrogens is 296 g/mol. The van der Waals surface area contributed by atoms with Gasteiger partial charge in [0, 0.05) is 0 Å². The predicted octanol–water partition coefficient (Wildman–Crippen LogP) is 2.28. The molecule has 0 amide bonds. The smallest absolute Gasteiger partial charge is 0.281 e. The summed E-state index contributed by atoms with van der Waals surface area (Å²) in [7, 11) is 0. The second kappa shape index (κ2) is 13.7. The van der Waals surface area contributed by atoms with Gasteiger partial charge in [0.15, 0.2) is 0 Å². The van der Waals surface area contributed by atoms with Crippen molar-refractivity contribution < 1.29 is 30.4 Å². The first-order chi connectivity index (χ1) is 9.81. The Kier molecular flexibility index (Phi) is 14.0. The van der Waals surface area contributed by atoms with Crippen molar-refractivity contribution in [2.75, 3.05) is 0 Å². The first-order valence-electron chi connectivity index (χ1n) is 5.55. The van der Waals surface area contributed by atoms with Gasteiger partial charge in [0.2, 0.25) is 0 Å². The largest absolute Gasteiger partial charge is 0.281 e. The molecule has 0 aromatic heterocycles. The fourth-order valence-electron chi connectivity index (χ4n) is 1.79. The van der Waals surface area contributed by atoms with Gasteiger partial charge in [0.25, 0.3) is 20.4 Å². The van der Waals surface area contributed by atoms with E-state index in [1.807, 2.05) is 0 Å². The SMILES string of the molecule is CCc1ccccc1C1=CC[C]([Fe])=C1.[C]=O.[C]=O.[C]=O. The summed E-state index contributed by atoms with van der Waals surface area (Å²) in [6, 6.07) is 8.60. The van der Waals surface area contributed by atoms with Crippen LogP contribution in [0.1, 0.15) is 24.5 Å². The average molecular weight is 309 g/mol. The van der Waals surface area contributed by atoms with Gasteiger partial charge in [-0.25, -0.2) is 0 Å². The first-order valence-corrected chi connectivity index (χ1v) is 6.11. The maximum Gasteiger partial charge on any atom is 0.281 e. The molecule has 0 aliphatic heterocycles. The van der Waals surface area contributed by atoms with Gasteiger partial charge < -0.3 is 0 Å². The molecule has 0 unspecified atom stereocenters. The molecule has 0 saturated carbocycles. The van der Waals surface area contributed by atoms with Gasteiger partial charge in [0.05, 0.1) is 0 Å². The Morgan fingerprint density at radius 2 is 1.60 bits per heavy atom. The average Bonchev–Trinajstić information content (AvgIpc) is 2.99. The molecule has 20 heavy (non-hydrogen) atoms. The van der Waals surface area contributed by atoms with Crippen molar-refractivity contribution in [2.45, 2.75) is 19.8 Å². The molecule has 0 saturated heterocycles. The van der Waals surface area contributed by atoms with Crippen molar-refractivity contribution in [3.05, 3.63) is 52.0 Å². The molecule has 6 radical (unpaired) electrons. The van der Waals surface area contributed by atoms with Crippen molar-refractivity contribution in [1.29, 1.82) is 0 Å². The molecule has 0 spiro atoms. The van der Waals surface area contributed by atoms with Crippen LogP contribution in [0, 0.1) is 0 Å². The maximum atomic E-state index is 7.50. The zero-order chi connectivity index (χ0) is 16.0. The van der Waals surface area contributed by atoms with Crippen molar-refractivity contribution in [3.8, 4) is 0 Å². The van der Waals surface area contributed by atoms with Crippen molar-refractivity contribution in [2.24, 2.45) is 0 Å². The molecule has 1 aliphatic rings. The Labute approximate surface area is 128 Å². The van der Waals surface area contributed by atoms with E-state index in [0.717, 1.165) is 12.8 Å². The van der Waals surface area contributed by atoms with E-state index in [1.54, 1.807) is 0 Å². The number of hydrogen-bond donors (Lipinski definition) is 0. The van der Waals surface area contributed by atoms with E-state index in [0.29, 0.717) is 0 Å². The van der Waals surface area contributed by atoms with E-state index in [-0.39, 0.29) is 0 Å². The molecule has 1 aromatic carbocycles. The third-order valence-corrected chi connectivity index (χ3v) is 2.91. The van der Waals surface area contributed by atoms with E-state index >= 15 is 0 Å². The molecule has 0 atom stereocenters. The number of rotatable bonds is 2. The Hall–Kier alpha value is -1.77. The zero-order valence-corrected chi connectivity index (χ0v) is 12.1. The fourth-order valence-corrected chi connectivity index (χ4v) is 2.07. The minimum atomic E-state index is 1.01. The molecule has 4 heteroatoms. The summed E-state index contributed by atoms with van der Waals surface area (Å²) in [4.78, 5) is 22.5. The van der Waals surface area contributed by atoms with Gasteiger partial charge in [-0.2, -0.15) is 0 Å². The molecule has 1 aromatic rings. The van der Waals surface area contributed by atoms with Crippen LogP contribution in [0.3, 0.4) is 0 Å². The molecule has 1 aliphatic carbocycles. The van der Waals surface area contributed by atoms with Crippen LogP contribution in [0.5, 0.6) is 0 Å². The minimum absolute atomic E-state index is 1.01. The van der Waals surface area contributed by atoms with Crippen LogP contribution >= 0.6 is 0 Å². The molecule has 103 valence electrons. The Morgan fingerprint density at radius 1 is 1.05 bits per heavy atom. The van der Waals surface area contributed by atoms with Crippen molar-refractivity contribution in [3.63, 3.8) is 0 Å². The van der Waals surface area contributed by atoms with E-state index in [2.05, 4.69) is 79.7 Å². The number of aryl methyl sites for hydroxylation is 1. The van der Waals surface area contributed by atoms with Crippen LogP contribution in [0.25, 0.3) is 5.57 Å². The summed E-state index contributed by atoms with van der Waals surface area (Å²) < 4.78 is 1.21. The summed E-state index contributed by atoms with van der Waals surface area (Å²) in [5.41, 5.74) is 4.13. The quantitative estimate of drug-likeness (QED) is 0.788. The summed E-state index contributed by atoms with van der Waals surface area (Å²) >= 11 is 3.98. The molecule has 0 N–H and O–H groups in total. The van der Waals surface area contributed by atoms with Crippen LogP contribution in [-0.2, 0) is 36.8 Å².